The Hall–Kier alpha value is -1.92. The first-order valence-electron chi connectivity index (χ1n) is 11.9. The summed E-state index contributed by atoms with van der Waals surface area (Å²) >= 11 is 0. The predicted octanol–water partition coefficient (Wildman–Crippen LogP) is 5.77. The third-order valence-corrected chi connectivity index (χ3v) is 7.52. The average molecular weight is 459 g/mol. The van der Waals surface area contributed by atoms with Crippen molar-refractivity contribution in [1.29, 1.82) is 0 Å². The first-order valence-corrected chi connectivity index (χ1v) is 14.7. The molecule has 1 N–H and O–H groups in total. The van der Waals surface area contributed by atoms with Crippen molar-refractivity contribution in [2.45, 2.75) is 97.9 Å². The number of carboxylic acid groups (broad SMARTS) is 1. The van der Waals surface area contributed by atoms with Crippen LogP contribution >= 0.6 is 0 Å². The van der Waals surface area contributed by atoms with Gasteiger partial charge in [-0.25, -0.2) is 4.79 Å². The number of esters is 1. The number of benzene rings is 1. The van der Waals surface area contributed by atoms with Gasteiger partial charge >= 0.3 is 11.9 Å². The standard InChI is InChI=1S/C26H38O5Si/c1-8-18-15(2)21-22(24(29)30-25(21)31-32(6)7)23(26(3,4)5)19(18)13-12-16-10-9-11-17(16)14-20(27)28/h12,17,25,32H,8-11,13-14H2,1-7H3,(H,27,28)/t17-,25?/m0/s1. The number of hydrogen-bond donors (Lipinski definition) is 1. The van der Waals surface area contributed by atoms with Gasteiger partial charge in [-0.05, 0) is 85.7 Å². The summed E-state index contributed by atoms with van der Waals surface area (Å²) in [6, 6.07) is 0. The molecule has 1 aliphatic heterocycles. The molecule has 1 heterocycles. The van der Waals surface area contributed by atoms with Crippen molar-refractivity contribution < 1.29 is 23.9 Å². The van der Waals surface area contributed by atoms with E-state index in [0.717, 1.165) is 42.4 Å². The van der Waals surface area contributed by atoms with Crippen LogP contribution in [0.25, 0.3) is 0 Å². The molecule has 1 aliphatic carbocycles. The normalized spacial score (nSPS) is 22.0. The molecule has 2 atom stereocenters. The smallest absolute Gasteiger partial charge is 0.341 e. The Morgan fingerprint density at radius 2 is 1.97 bits per heavy atom. The number of allylic oxidation sites excluding steroid dienone is 2. The summed E-state index contributed by atoms with van der Waals surface area (Å²) in [5, 5.41) is 9.28. The topological polar surface area (TPSA) is 72.8 Å². The highest BCUT2D eigenvalue weighted by Gasteiger charge is 2.41. The van der Waals surface area contributed by atoms with Crippen molar-refractivity contribution >= 4 is 21.0 Å². The molecule has 0 saturated heterocycles. The molecular formula is C26H38O5Si. The number of fused-ring (bicyclic) bond motifs is 1. The minimum Gasteiger partial charge on any atom is -0.481 e. The van der Waals surface area contributed by atoms with Crippen LogP contribution in [0.15, 0.2) is 11.6 Å². The van der Waals surface area contributed by atoms with Crippen molar-refractivity contribution in [3.8, 4) is 0 Å². The first kappa shape index (κ1) is 24.7. The highest BCUT2D eigenvalue weighted by molar-refractivity contribution is 6.48. The second kappa shape index (κ2) is 9.52. The summed E-state index contributed by atoms with van der Waals surface area (Å²) in [5.41, 5.74) is 7.23. The molecule has 0 aromatic heterocycles. The van der Waals surface area contributed by atoms with Gasteiger partial charge in [0.05, 0.1) is 12.0 Å². The molecule has 0 amide bonds. The van der Waals surface area contributed by atoms with Gasteiger partial charge in [0.25, 0.3) is 0 Å². The average Bonchev–Trinajstić information content (AvgIpc) is 3.22. The fraction of sp³-hybridized carbons (Fsp3) is 0.615. The van der Waals surface area contributed by atoms with Crippen molar-refractivity contribution in [3.63, 3.8) is 0 Å². The molecule has 0 bridgehead atoms. The number of carbonyl (C=O) groups excluding carboxylic acids is 1. The Kier molecular flexibility index (Phi) is 7.35. The maximum Gasteiger partial charge on any atom is 0.341 e. The number of hydrogen-bond acceptors (Lipinski definition) is 4. The molecule has 2 aliphatic rings. The van der Waals surface area contributed by atoms with Gasteiger partial charge in [0, 0.05) is 5.56 Å². The van der Waals surface area contributed by atoms with Crippen LogP contribution in [0.2, 0.25) is 13.1 Å². The second-order valence-corrected chi connectivity index (χ2v) is 12.8. The van der Waals surface area contributed by atoms with E-state index in [1.54, 1.807) is 0 Å². The number of ether oxygens (including phenoxy) is 1. The van der Waals surface area contributed by atoms with E-state index in [1.807, 2.05) is 0 Å². The predicted molar refractivity (Wildman–Crippen MR) is 129 cm³/mol. The number of aliphatic carboxylic acids is 1. The maximum atomic E-state index is 13.1. The fourth-order valence-corrected chi connectivity index (χ4v) is 6.18. The van der Waals surface area contributed by atoms with Crippen LogP contribution in [0, 0.1) is 12.8 Å². The SMILES string of the molecule is CCc1c(C)c2c(c(C(C)(C)C)c1CC=C1CCC[C@H]1CC(=O)O)C(=O)OC2O[SiH](C)C. The molecule has 5 nitrogen and oxygen atoms in total. The molecule has 1 saturated carbocycles. The zero-order chi connectivity index (χ0) is 23.8. The van der Waals surface area contributed by atoms with Crippen molar-refractivity contribution in [1.82, 2.24) is 0 Å². The molecule has 32 heavy (non-hydrogen) atoms. The Morgan fingerprint density at radius 1 is 1.28 bits per heavy atom. The zero-order valence-electron chi connectivity index (χ0n) is 20.6. The third kappa shape index (κ3) is 4.86. The lowest BCUT2D eigenvalue weighted by Gasteiger charge is -2.29. The summed E-state index contributed by atoms with van der Waals surface area (Å²) in [6.07, 6.45) is 6.37. The van der Waals surface area contributed by atoms with Gasteiger partial charge in [0.1, 0.15) is 0 Å². The summed E-state index contributed by atoms with van der Waals surface area (Å²) in [7, 11) is -1.41. The molecule has 1 aromatic rings. The van der Waals surface area contributed by atoms with Gasteiger partial charge in [0.2, 0.25) is 6.29 Å². The van der Waals surface area contributed by atoms with Gasteiger partial charge in [-0.1, -0.05) is 39.3 Å². The summed E-state index contributed by atoms with van der Waals surface area (Å²) in [5.74, 6) is -0.887. The maximum absolute atomic E-state index is 13.1. The van der Waals surface area contributed by atoms with E-state index < -0.39 is 21.3 Å². The van der Waals surface area contributed by atoms with E-state index >= 15 is 0 Å². The Balaban J connectivity index is 2.16. The van der Waals surface area contributed by atoms with Crippen LogP contribution in [0.4, 0.5) is 0 Å². The van der Waals surface area contributed by atoms with Gasteiger partial charge in [0.15, 0.2) is 9.04 Å². The minimum absolute atomic E-state index is 0.130. The van der Waals surface area contributed by atoms with Gasteiger partial charge in [-0.3, -0.25) is 4.79 Å². The largest absolute Gasteiger partial charge is 0.481 e. The van der Waals surface area contributed by atoms with Gasteiger partial charge < -0.3 is 14.3 Å². The third-order valence-electron chi connectivity index (χ3n) is 6.73. The fourth-order valence-electron chi connectivity index (χ4n) is 5.50. The first-order chi connectivity index (χ1) is 15.0. The van der Waals surface area contributed by atoms with E-state index in [0.29, 0.717) is 12.0 Å². The van der Waals surface area contributed by atoms with Gasteiger partial charge in [-0.15, -0.1) is 0 Å². The lowest BCUT2D eigenvalue weighted by molar-refractivity contribution is -0.137. The van der Waals surface area contributed by atoms with Crippen molar-refractivity contribution in [2.75, 3.05) is 0 Å². The Bertz CT molecular complexity index is 939. The molecule has 1 unspecified atom stereocenters. The highest BCUT2D eigenvalue weighted by atomic mass is 28.3. The van der Waals surface area contributed by atoms with E-state index in [1.165, 1.54) is 16.7 Å². The quantitative estimate of drug-likeness (QED) is 0.319. The Morgan fingerprint density at radius 3 is 2.53 bits per heavy atom. The molecule has 0 spiro atoms. The zero-order valence-corrected chi connectivity index (χ0v) is 21.8. The molecule has 3 rings (SSSR count). The van der Waals surface area contributed by atoms with E-state index in [4.69, 9.17) is 9.16 Å². The summed E-state index contributed by atoms with van der Waals surface area (Å²) in [4.78, 5) is 24.4. The van der Waals surface area contributed by atoms with Crippen LogP contribution in [-0.2, 0) is 32.2 Å². The molecular weight excluding hydrogens is 420 g/mol. The van der Waals surface area contributed by atoms with Crippen LogP contribution in [-0.4, -0.2) is 26.1 Å². The number of carboxylic acids is 1. The van der Waals surface area contributed by atoms with E-state index in [-0.39, 0.29) is 23.7 Å². The van der Waals surface area contributed by atoms with Crippen LogP contribution in [0.3, 0.4) is 0 Å². The molecule has 1 fully saturated rings. The van der Waals surface area contributed by atoms with Crippen LogP contribution in [0.5, 0.6) is 0 Å². The monoisotopic (exact) mass is 458 g/mol. The van der Waals surface area contributed by atoms with Crippen LogP contribution < -0.4 is 0 Å². The molecule has 6 heteroatoms. The summed E-state index contributed by atoms with van der Waals surface area (Å²) in [6.45, 7) is 14.9. The van der Waals surface area contributed by atoms with Crippen molar-refractivity contribution in [3.05, 3.63) is 45.0 Å². The molecule has 176 valence electrons. The minimum atomic E-state index is -1.41. The summed E-state index contributed by atoms with van der Waals surface area (Å²) < 4.78 is 11.9. The number of cyclic esters (lactones) is 1. The molecule has 1 aromatic carbocycles. The Labute approximate surface area is 193 Å². The number of carbonyl (C=O) groups is 2. The number of rotatable bonds is 7. The van der Waals surface area contributed by atoms with Crippen LogP contribution in [0.1, 0.15) is 97.8 Å². The molecule has 0 radical (unpaired) electrons. The highest BCUT2D eigenvalue weighted by Crippen LogP contribution is 2.45. The van der Waals surface area contributed by atoms with Crippen molar-refractivity contribution in [2.24, 2.45) is 5.92 Å². The lowest BCUT2D eigenvalue weighted by Crippen LogP contribution is -2.22. The van der Waals surface area contributed by atoms with Gasteiger partial charge in [-0.2, -0.15) is 0 Å². The van der Waals surface area contributed by atoms with E-state index in [9.17, 15) is 14.7 Å². The lowest BCUT2D eigenvalue weighted by atomic mass is 9.74. The second-order valence-electron chi connectivity index (χ2n) is 10.4. The van der Waals surface area contributed by atoms with E-state index in [2.05, 4.69) is 53.8 Å².